The molecular formula is C11H20O8. The molecule has 0 atom stereocenters. The molecule has 0 saturated heterocycles. The van der Waals surface area contributed by atoms with Crippen LogP contribution >= 0.6 is 0 Å². The Morgan fingerprint density at radius 3 is 1.05 bits per heavy atom. The average Bonchev–Trinajstić information content (AvgIpc) is 2.24. The van der Waals surface area contributed by atoms with Gasteiger partial charge in [-0.3, -0.25) is 19.2 Å². The normalized spacial score (nSPS) is 8.11. The standard InChI is InChI=1S/C6H10O4.C3H6O2.C2H4O2/c7-5(8)3-1-2-4-6(9)10;1-2-3(4)5;1-2(3)4/h1-4H2,(H,7,8)(H,9,10);2H2,1H3,(H,4,5);1H3,(H,3,4). The van der Waals surface area contributed by atoms with Gasteiger partial charge in [0.2, 0.25) is 0 Å². The summed E-state index contributed by atoms with van der Waals surface area (Å²) in [6.45, 7) is 2.68. The minimum Gasteiger partial charge on any atom is -0.481 e. The van der Waals surface area contributed by atoms with Gasteiger partial charge in [-0.15, -0.1) is 0 Å². The van der Waals surface area contributed by atoms with E-state index in [-0.39, 0.29) is 19.3 Å². The third-order valence-electron chi connectivity index (χ3n) is 1.33. The van der Waals surface area contributed by atoms with Gasteiger partial charge in [-0.25, -0.2) is 0 Å². The Morgan fingerprint density at radius 1 is 0.737 bits per heavy atom. The molecule has 8 heteroatoms. The van der Waals surface area contributed by atoms with Gasteiger partial charge in [0.15, 0.2) is 0 Å². The minimum atomic E-state index is -0.870. The minimum absolute atomic E-state index is 0.0628. The third kappa shape index (κ3) is 64.6. The molecule has 0 aliphatic carbocycles. The lowest BCUT2D eigenvalue weighted by atomic mass is 10.2. The summed E-state index contributed by atoms with van der Waals surface area (Å²) in [4.78, 5) is 38.2. The highest BCUT2D eigenvalue weighted by Gasteiger charge is 1.99. The second-order valence-electron chi connectivity index (χ2n) is 3.26. The van der Waals surface area contributed by atoms with E-state index < -0.39 is 23.9 Å². The molecule has 0 saturated carbocycles. The van der Waals surface area contributed by atoms with Gasteiger partial charge in [0, 0.05) is 26.2 Å². The summed E-state index contributed by atoms with van der Waals surface area (Å²) in [5.41, 5.74) is 0. The quantitative estimate of drug-likeness (QED) is 0.531. The highest BCUT2D eigenvalue weighted by molar-refractivity contribution is 5.68. The zero-order valence-corrected chi connectivity index (χ0v) is 11.0. The van der Waals surface area contributed by atoms with Crippen molar-refractivity contribution in [2.24, 2.45) is 0 Å². The highest BCUT2D eigenvalue weighted by atomic mass is 16.4. The Balaban J connectivity index is -0.000000238. The van der Waals surface area contributed by atoms with Crippen LogP contribution in [0.25, 0.3) is 0 Å². The summed E-state index contributed by atoms with van der Waals surface area (Å²) in [5, 5.41) is 31.4. The topological polar surface area (TPSA) is 149 Å². The zero-order valence-electron chi connectivity index (χ0n) is 11.0. The first-order valence-electron chi connectivity index (χ1n) is 5.48. The molecule has 0 unspecified atom stereocenters. The molecule has 0 radical (unpaired) electrons. The number of aliphatic carboxylic acids is 4. The molecule has 4 N–H and O–H groups in total. The number of carbonyl (C=O) groups is 4. The highest BCUT2D eigenvalue weighted by Crippen LogP contribution is 1.98. The first-order valence-corrected chi connectivity index (χ1v) is 5.48. The van der Waals surface area contributed by atoms with Gasteiger partial charge in [0.1, 0.15) is 0 Å². The van der Waals surface area contributed by atoms with Crippen molar-refractivity contribution < 1.29 is 39.6 Å². The van der Waals surface area contributed by atoms with E-state index in [9.17, 15) is 14.4 Å². The first-order chi connectivity index (χ1) is 8.63. The van der Waals surface area contributed by atoms with Crippen molar-refractivity contribution in [2.45, 2.75) is 46.0 Å². The maximum Gasteiger partial charge on any atom is 0.303 e. The molecule has 0 heterocycles. The van der Waals surface area contributed by atoms with Crippen molar-refractivity contribution in [1.29, 1.82) is 0 Å². The molecule has 19 heavy (non-hydrogen) atoms. The second-order valence-corrected chi connectivity index (χ2v) is 3.26. The van der Waals surface area contributed by atoms with Gasteiger partial charge >= 0.3 is 17.9 Å². The lowest BCUT2D eigenvalue weighted by molar-refractivity contribution is -0.139. The number of hydrogen-bond donors (Lipinski definition) is 4. The van der Waals surface area contributed by atoms with E-state index in [0.29, 0.717) is 12.8 Å². The second kappa shape index (κ2) is 15.9. The molecule has 0 amide bonds. The lowest BCUT2D eigenvalue weighted by Crippen LogP contribution is -1.97. The molecule has 0 bridgehead atoms. The molecule has 0 aliphatic rings. The van der Waals surface area contributed by atoms with Crippen LogP contribution in [0.15, 0.2) is 0 Å². The predicted octanol–water partition coefficient (Wildman–Crippen LogP) is 1.29. The maximum absolute atomic E-state index is 9.90. The van der Waals surface area contributed by atoms with E-state index in [2.05, 4.69) is 0 Å². The monoisotopic (exact) mass is 280 g/mol. The van der Waals surface area contributed by atoms with Crippen LogP contribution in [-0.2, 0) is 19.2 Å². The van der Waals surface area contributed by atoms with Crippen LogP contribution in [0.4, 0.5) is 0 Å². The molecule has 0 aliphatic heterocycles. The fourth-order valence-electron chi connectivity index (χ4n) is 0.552. The van der Waals surface area contributed by atoms with Crippen LogP contribution in [0.5, 0.6) is 0 Å². The van der Waals surface area contributed by atoms with Crippen molar-refractivity contribution >= 4 is 23.9 Å². The van der Waals surface area contributed by atoms with Gasteiger partial charge in [-0.1, -0.05) is 6.92 Å². The Morgan fingerprint density at radius 2 is 0.947 bits per heavy atom. The maximum atomic E-state index is 9.90. The summed E-state index contributed by atoms with van der Waals surface area (Å²) in [7, 11) is 0. The van der Waals surface area contributed by atoms with Crippen molar-refractivity contribution in [3.8, 4) is 0 Å². The zero-order chi connectivity index (χ0) is 15.8. The van der Waals surface area contributed by atoms with Gasteiger partial charge in [-0.2, -0.15) is 0 Å². The molecule has 0 aromatic rings. The third-order valence-corrected chi connectivity index (χ3v) is 1.33. The van der Waals surface area contributed by atoms with Gasteiger partial charge in [0.05, 0.1) is 0 Å². The smallest absolute Gasteiger partial charge is 0.303 e. The molecule has 0 aromatic carbocycles. The Kier molecular flexibility index (Phi) is 18.5. The van der Waals surface area contributed by atoms with Crippen LogP contribution in [-0.4, -0.2) is 44.3 Å². The van der Waals surface area contributed by atoms with Crippen LogP contribution in [0, 0.1) is 0 Å². The first kappa shape index (κ1) is 22.1. The fourth-order valence-corrected chi connectivity index (χ4v) is 0.552. The van der Waals surface area contributed by atoms with Gasteiger partial charge < -0.3 is 20.4 Å². The molecule has 0 rings (SSSR count). The molecule has 0 fully saturated rings. The number of unbranched alkanes of at least 4 members (excludes halogenated alkanes) is 1. The van der Waals surface area contributed by atoms with E-state index in [0.717, 1.165) is 6.92 Å². The van der Waals surface area contributed by atoms with E-state index in [4.69, 9.17) is 25.2 Å². The van der Waals surface area contributed by atoms with Crippen molar-refractivity contribution in [1.82, 2.24) is 0 Å². The van der Waals surface area contributed by atoms with Crippen LogP contribution < -0.4 is 0 Å². The molecule has 0 spiro atoms. The summed E-state index contributed by atoms with van der Waals surface area (Å²) in [5.74, 6) is -3.32. The SMILES string of the molecule is CC(=O)O.CCC(=O)O.O=C(O)CCCCC(=O)O. The Labute approximate surface area is 110 Å². The van der Waals surface area contributed by atoms with E-state index in [1.165, 1.54) is 0 Å². The molecular weight excluding hydrogens is 260 g/mol. The largest absolute Gasteiger partial charge is 0.481 e. The van der Waals surface area contributed by atoms with Gasteiger partial charge in [-0.05, 0) is 12.8 Å². The summed E-state index contributed by atoms with van der Waals surface area (Å²) in [6.07, 6.45) is 1.24. The van der Waals surface area contributed by atoms with Crippen molar-refractivity contribution in [3.63, 3.8) is 0 Å². The van der Waals surface area contributed by atoms with E-state index >= 15 is 0 Å². The average molecular weight is 280 g/mol. The predicted molar refractivity (Wildman–Crippen MR) is 65.0 cm³/mol. The number of hydrogen-bond acceptors (Lipinski definition) is 4. The Bertz CT molecular complexity index is 264. The molecule has 112 valence electrons. The van der Waals surface area contributed by atoms with Crippen molar-refractivity contribution in [2.75, 3.05) is 0 Å². The summed E-state index contributed by atoms with van der Waals surface area (Å²) < 4.78 is 0. The number of carboxylic acid groups (broad SMARTS) is 4. The van der Waals surface area contributed by atoms with E-state index in [1.807, 2.05) is 0 Å². The van der Waals surface area contributed by atoms with Crippen molar-refractivity contribution in [3.05, 3.63) is 0 Å². The molecule has 0 aromatic heterocycles. The summed E-state index contributed by atoms with van der Waals surface area (Å²) in [6, 6.07) is 0. The number of carboxylic acids is 4. The number of rotatable bonds is 6. The van der Waals surface area contributed by atoms with Gasteiger partial charge in [0.25, 0.3) is 5.97 Å². The van der Waals surface area contributed by atoms with Crippen LogP contribution in [0.3, 0.4) is 0 Å². The summed E-state index contributed by atoms with van der Waals surface area (Å²) >= 11 is 0. The van der Waals surface area contributed by atoms with E-state index in [1.54, 1.807) is 6.92 Å². The van der Waals surface area contributed by atoms with Crippen LogP contribution in [0.2, 0.25) is 0 Å². The lowest BCUT2D eigenvalue weighted by Gasteiger charge is -1.92. The fraction of sp³-hybridized carbons (Fsp3) is 0.636. The molecule has 8 nitrogen and oxygen atoms in total. The van der Waals surface area contributed by atoms with Crippen LogP contribution in [0.1, 0.15) is 46.0 Å². The Hall–Kier alpha value is -2.12.